The lowest BCUT2D eigenvalue weighted by molar-refractivity contribution is 0.0683. The fraction of sp³-hybridized carbons (Fsp3) is 0.261. The molecule has 146 valence electrons. The smallest absolute Gasteiger partial charge is 0.253 e. The van der Waals surface area contributed by atoms with Gasteiger partial charge in [0.1, 0.15) is 0 Å². The number of rotatable bonds is 4. The molecule has 0 radical (unpaired) electrons. The van der Waals surface area contributed by atoms with Crippen LogP contribution in [0.15, 0.2) is 67.3 Å². The van der Waals surface area contributed by atoms with Crippen LogP contribution in [0.25, 0.3) is 22.2 Å². The number of amides is 1. The summed E-state index contributed by atoms with van der Waals surface area (Å²) in [6.45, 7) is 2.60. The molecule has 29 heavy (non-hydrogen) atoms. The Labute approximate surface area is 169 Å². The number of benzene rings is 1. The number of hydrogen-bond acceptors (Lipinski definition) is 3. The third-order valence-electron chi connectivity index (χ3n) is 5.83. The van der Waals surface area contributed by atoms with Gasteiger partial charge in [0.25, 0.3) is 5.91 Å². The van der Waals surface area contributed by atoms with E-state index in [1.54, 1.807) is 6.20 Å². The number of aromatic amines is 1. The summed E-state index contributed by atoms with van der Waals surface area (Å²) in [7, 11) is 0. The molecule has 1 N–H and O–H groups in total. The van der Waals surface area contributed by atoms with Crippen molar-refractivity contribution in [3.63, 3.8) is 0 Å². The first-order valence-electron chi connectivity index (χ1n) is 10.1. The molecule has 3 aromatic heterocycles. The van der Waals surface area contributed by atoms with E-state index in [1.165, 1.54) is 5.39 Å². The Kier molecular flexibility index (Phi) is 4.60. The second-order valence-electron chi connectivity index (χ2n) is 7.69. The molecule has 0 bridgehead atoms. The number of H-pyrrole nitrogens is 1. The Morgan fingerprint density at radius 2 is 1.93 bits per heavy atom. The maximum Gasteiger partial charge on any atom is 0.253 e. The molecular formula is C23H23N5O. The fourth-order valence-corrected chi connectivity index (χ4v) is 4.16. The molecule has 6 heteroatoms. The lowest BCUT2D eigenvalue weighted by atomic mass is 9.96. The number of piperidine rings is 1. The lowest BCUT2D eigenvalue weighted by Crippen LogP contribution is -2.39. The van der Waals surface area contributed by atoms with E-state index in [-0.39, 0.29) is 5.91 Å². The minimum Gasteiger partial charge on any atom is -0.346 e. The van der Waals surface area contributed by atoms with Gasteiger partial charge in [-0.3, -0.25) is 14.9 Å². The van der Waals surface area contributed by atoms with Crippen molar-refractivity contribution in [1.29, 1.82) is 0 Å². The fourth-order valence-electron chi connectivity index (χ4n) is 4.16. The van der Waals surface area contributed by atoms with Crippen LogP contribution in [0, 0.1) is 5.92 Å². The van der Waals surface area contributed by atoms with Crippen molar-refractivity contribution >= 4 is 16.8 Å². The van der Waals surface area contributed by atoms with Gasteiger partial charge in [-0.1, -0.05) is 18.2 Å². The molecule has 1 amide bonds. The molecule has 0 atom stereocenters. The highest BCUT2D eigenvalue weighted by Crippen LogP contribution is 2.25. The van der Waals surface area contributed by atoms with Crippen LogP contribution in [-0.2, 0) is 6.54 Å². The van der Waals surface area contributed by atoms with E-state index in [1.807, 2.05) is 47.6 Å². The van der Waals surface area contributed by atoms with E-state index in [9.17, 15) is 4.79 Å². The largest absolute Gasteiger partial charge is 0.346 e. The SMILES string of the molecule is O=C(c1ccccc1)N1CCC(Cn2ccc3cc(-c4cn[nH]c4)ncc32)CC1. The van der Waals surface area contributed by atoms with Crippen molar-refractivity contribution in [1.82, 2.24) is 24.6 Å². The Balaban J connectivity index is 1.25. The number of hydrogen-bond donors (Lipinski definition) is 1. The summed E-state index contributed by atoms with van der Waals surface area (Å²) in [6.07, 6.45) is 9.79. The second-order valence-corrected chi connectivity index (χ2v) is 7.69. The van der Waals surface area contributed by atoms with Crippen LogP contribution >= 0.6 is 0 Å². The first kappa shape index (κ1) is 17.7. The summed E-state index contributed by atoms with van der Waals surface area (Å²) in [6, 6.07) is 13.8. The molecule has 1 aliphatic heterocycles. The summed E-state index contributed by atoms with van der Waals surface area (Å²) in [5, 5.41) is 8.02. The van der Waals surface area contributed by atoms with Gasteiger partial charge < -0.3 is 9.47 Å². The summed E-state index contributed by atoms with van der Waals surface area (Å²) < 4.78 is 2.29. The van der Waals surface area contributed by atoms with E-state index < -0.39 is 0 Å². The molecule has 4 aromatic rings. The van der Waals surface area contributed by atoms with Crippen LogP contribution in [0.3, 0.4) is 0 Å². The number of carbonyl (C=O) groups excluding carboxylic acids is 1. The highest BCUT2D eigenvalue weighted by Gasteiger charge is 2.24. The Bertz CT molecular complexity index is 1110. The van der Waals surface area contributed by atoms with Gasteiger partial charge in [-0.15, -0.1) is 0 Å². The molecule has 0 unspecified atom stereocenters. The van der Waals surface area contributed by atoms with Gasteiger partial charge in [-0.05, 0) is 43.0 Å². The first-order chi connectivity index (χ1) is 14.3. The molecule has 1 aliphatic rings. The van der Waals surface area contributed by atoms with Crippen LogP contribution in [0.5, 0.6) is 0 Å². The summed E-state index contributed by atoms with van der Waals surface area (Å²) in [5.41, 5.74) is 3.86. The van der Waals surface area contributed by atoms with Gasteiger partial charge in [0.05, 0.1) is 23.6 Å². The monoisotopic (exact) mass is 385 g/mol. The molecule has 1 saturated heterocycles. The minimum absolute atomic E-state index is 0.145. The third-order valence-corrected chi connectivity index (χ3v) is 5.83. The maximum atomic E-state index is 12.6. The van der Waals surface area contributed by atoms with Crippen molar-refractivity contribution in [2.45, 2.75) is 19.4 Å². The first-order valence-corrected chi connectivity index (χ1v) is 10.1. The number of pyridine rings is 1. The standard InChI is InChI=1S/C23H23N5O/c29-23(18-4-2-1-3-5-18)27-9-6-17(7-10-27)16-28-11-8-19-12-21(24-15-22(19)28)20-13-25-26-14-20/h1-5,8,11-15,17H,6-7,9-10,16H2,(H,25,26). The highest BCUT2D eigenvalue weighted by atomic mass is 16.2. The minimum atomic E-state index is 0.145. The number of aromatic nitrogens is 4. The van der Waals surface area contributed by atoms with Crippen LogP contribution in [0.1, 0.15) is 23.2 Å². The molecule has 0 saturated carbocycles. The van der Waals surface area contributed by atoms with Crippen molar-refractivity contribution in [2.24, 2.45) is 5.92 Å². The average molecular weight is 385 g/mol. The quantitative estimate of drug-likeness (QED) is 0.578. The molecule has 0 spiro atoms. The molecule has 4 heterocycles. The van der Waals surface area contributed by atoms with Crippen molar-refractivity contribution < 1.29 is 4.79 Å². The predicted octanol–water partition coefficient (Wildman–Crippen LogP) is 3.98. The predicted molar refractivity (Wildman–Crippen MR) is 112 cm³/mol. The van der Waals surface area contributed by atoms with E-state index in [0.29, 0.717) is 5.92 Å². The van der Waals surface area contributed by atoms with Crippen LogP contribution in [-0.4, -0.2) is 43.6 Å². The number of nitrogens with zero attached hydrogens (tertiary/aromatic N) is 4. The number of nitrogens with one attached hydrogen (secondary N) is 1. The number of carbonyl (C=O) groups is 1. The van der Waals surface area contributed by atoms with Crippen LogP contribution in [0.2, 0.25) is 0 Å². The Morgan fingerprint density at radius 1 is 1.10 bits per heavy atom. The van der Waals surface area contributed by atoms with Gasteiger partial charge in [0, 0.05) is 48.5 Å². The molecule has 0 aliphatic carbocycles. The van der Waals surface area contributed by atoms with Crippen LogP contribution < -0.4 is 0 Å². The normalized spacial score (nSPS) is 15.1. The average Bonchev–Trinajstić information content (AvgIpc) is 3.45. The summed E-state index contributed by atoms with van der Waals surface area (Å²) in [5.74, 6) is 0.713. The Morgan fingerprint density at radius 3 is 2.69 bits per heavy atom. The van der Waals surface area contributed by atoms with Crippen molar-refractivity contribution in [2.75, 3.05) is 13.1 Å². The van der Waals surface area contributed by atoms with E-state index in [0.717, 1.165) is 54.8 Å². The van der Waals surface area contributed by atoms with E-state index >= 15 is 0 Å². The third kappa shape index (κ3) is 3.53. The zero-order valence-electron chi connectivity index (χ0n) is 16.2. The van der Waals surface area contributed by atoms with Crippen molar-refractivity contribution in [3.8, 4) is 11.3 Å². The van der Waals surface area contributed by atoms with Crippen LogP contribution in [0.4, 0.5) is 0 Å². The Hall–Kier alpha value is -3.41. The second kappa shape index (κ2) is 7.54. The lowest BCUT2D eigenvalue weighted by Gasteiger charge is -2.32. The zero-order valence-corrected chi connectivity index (χ0v) is 16.2. The summed E-state index contributed by atoms with van der Waals surface area (Å²) in [4.78, 5) is 19.2. The van der Waals surface area contributed by atoms with Gasteiger partial charge in [-0.25, -0.2) is 0 Å². The topological polar surface area (TPSA) is 66.8 Å². The number of fused-ring (bicyclic) bond motifs is 1. The van der Waals surface area contributed by atoms with E-state index in [4.69, 9.17) is 0 Å². The zero-order chi connectivity index (χ0) is 19.6. The van der Waals surface area contributed by atoms with Gasteiger partial charge in [0.2, 0.25) is 0 Å². The number of likely N-dealkylation sites (tertiary alicyclic amines) is 1. The molecule has 6 nitrogen and oxygen atoms in total. The molecule has 5 rings (SSSR count). The van der Waals surface area contributed by atoms with Gasteiger partial charge in [-0.2, -0.15) is 5.10 Å². The van der Waals surface area contributed by atoms with Gasteiger partial charge in [0.15, 0.2) is 0 Å². The maximum absolute atomic E-state index is 12.6. The van der Waals surface area contributed by atoms with E-state index in [2.05, 4.69) is 38.1 Å². The molecule has 1 aromatic carbocycles. The molecule has 1 fully saturated rings. The van der Waals surface area contributed by atoms with Crippen molar-refractivity contribution in [3.05, 3.63) is 72.8 Å². The molecular weight excluding hydrogens is 362 g/mol. The van der Waals surface area contributed by atoms with Gasteiger partial charge >= 0.3 is 0 Å². The highest BCUT2D eigenvalue weighted by molar-refractivity contribution is 5.94. The summed E-state index contributed by atoms with van der Waals surface area (Å²) >= 11 is 0.